The zero-order valence-electron chi connectivity index (χ0n) is 25.8. The van der Waals surface area contributed by atoms with Crippen LogP contribution in [0.15, 0.2) is 76.5 Å². The van der Waals surface area contributed by atoms with Crippen molar-refractivity contribution in [1.29, 1.82) is 0 Å². The Hall–Kier alpha value is -3.36. The number of rotatable bonds is 14. The van der Waals surface area contributed by atoms with E-state index < -0.39 is 23.2 Å². The molecule has 0 radical (unpaired) electrons. The van der Waals surface area contributed by atoms with Crippen LogP contribution in [0.3, 0.4) is 0 Å². The molecule has 0 saturated heterocycles. The quantitative estimate of drug-likeness (QED) is 0.179. The number of ether oxygens (including phenoxy) is 4. The van der Waals surface area contributed by atoms with E-state index in [-0.39, 0.29) is 0 Å². The lowest BCUT2D eigenvalue weighted by Crippen LogP contribution is -2.56. The maximum absolute atomic E-state index is 13.0. The molecule has 0 saturated carbocycles. The average molecular weight is 628 g/mol. The molecule has 1 N–H and O–H groups in total. The molecule has 0 bridgehead atoms. The molecule has 0 aliphatic carbocycles. The Bertz CT molecular complexity index is 1360. The number of methoxy groups -OCH3 is 1. The van der Waals surface area contributed by atoms with E-state index in [9.17, 15) is 9.59 Å². The summed E-state index contributed by atoms with van der Waals surface area (Å²) in [5, 5.41) is 3.37. The molecule has 0 aromatic heterocycles. The Kier molecular flexibility index (Phi) is 12.6. The highest BCUT2D eigenvalue weighted by Crippen LogP contribution is 2.39. The molecule has 1 atom stereocenters. The molecule has 43 heavy (non-hydrogen) atoms. The number of esters is 1. The van der Waals surface area contributed by atoms with Crippen LogP contribution in [0.1, 0.15) is 65.0 Å². The maximum atomic E-state index is 13.0. The summed E-state index contributed by atoms with van der Waals surface area (Å²) in [6, 6.07) is 21.6. The predicted octanol–water partition coefficient (Wildman–Crippen LogP) is 8.64. The molecule has 232 valence electrons. The first-order valence-corrected chi connectivity index (χ1v) is 15.7. The summed E-state index contributed by atoms with van der Waals surface area (Å²) in [5.41, 5.74) is -0.0198. The molecule has 0 aliphatic heterocycles. The Morgan fingerprint density at radius 2 is 1.67 bits per heavy atom. The van der Waals surface area contributed by atoms with Gasteiger partial charge in [0.2, 0.25) is 0 Å². The van der Waals surface area contributed by atoms with Gasteiger partial charge in [-0.1, -0.05) is 73.1 Å². The molecule has 0 spiro atoms. The Morgan fingerprint density at radius 3 is 2.30 bits per heavy atom. The van der Waals surface area contributed by atoms with Crippen LogP contribution in [-0.2, 0) is 27.3 Å². The topological polar surface area (TPSA) is 83.1 Å². The van der Waals surface area contributed by atoms with E-state index in [4.69, 9.17) is 30.5 Å². The Balaban J connectivity index is 1.80. The Labute approximate surface area is 264 Å². The van der Waals surface area contributed by atoms with Crippen LogP contribution >= 0.6 is 23.4 Å². The highest BCUT2D eigenvalue weighted by Gasteiger charge is 2.41. The third kappa shape index (κ3) is 10.4. The van der Waals surface area contributed by atoms with Crippen LogP contribution in [0.25, 0.3) is 0 Å². The second-order valence-electron chi connectivity index (χ2n) is 11.1. The van der Waals surface area contributed by atoms with Gasteiger partial charge in [0.15, 0.2) is 0 Å². The van der Waals surface area contributed by atoms with Crippen LogP contribution in [0.4, 0.5) is 4.79 Å². The lowest BCUT2D eigenvalue weighted by Gasteiger charge is -2.33. The number of carbonyl (C=O) groups is 2. The third-order valence-electron chi connectivity index (χ3n) is 6.53. The summed E-state index contributed by atoms with van der Waals surface area (Å²) < 4.78 is 22.5. The standard InChI is InChI=1S/C34H42ClNO6S/c1-7-19-34(31(37)39-6,36-32(38)42-33(3,4)5)20-18-25-14-16-27(22-28(25)35)43-30-21-26(40-8-2)15-17-29(30)41-23-24-12-10-9-11-13-24/h9-17,21-22H,7-8,18-20,23H2,1-6H3,(H,36,38)/t34-/m0/s1. The summed E-state index contributed by atoms with van der Waals surface area (Å²) >= 11 is 8.30. The highest BCUT2D eigenvalue weighted by molar-refractivity contribution is 7.99. The van der Waals surface area contributed by atoms with Gasteiger partial charge in [-0.2, -0.15) is 0 Å². The van der Waals surface area contributed by atoms with Crippen molar-refractivity contribution in [2.24, 2.45) is 0 Å². The minimum atomic E-state index is -1.24. The van der Waals surface area contributed by atoms with Crippen LogP contribution in [0, 0.1) is 0 Å². The smallest absolute Gasteiger partial charge is 0.408 e. The number of aryl methyl sites for hydroxylation is 1. The SMILES string of the molecule is CCC[C@@](CCc1ccc(Sc2cc(OCC)ccc2OCc2ccccc2)cc1Cl)(NC(=O)OC(C)(C)C)C(=O)OC. The highest BCUT2D eigenvalue weighted by atomic mass is 35.5. The minimum absolute atomic E-state index is 0.298. The van der Waals surface area contributed by atoms with E-state index in [0.29, 0.717) is 43.9 Å². The molecule has 0 fully saturated rings. The predicted molar refractivity (Wildman–Crippen MR) is 171 cm³/mol. The Morgan fingerprint density at radius 1 is 0.930 bits per heavy atom. The largest absolute Gasteiger partial charge is 0.494 e. The van der Waals surface area contributed by atoms with Gasteiger partial charge in [-0.25, -0.2) is 9.59 Å². The summed E-state index contributed by atoms with van der Waals surface area (Å²) in [4.78, 5) is 27.5. The van der Waals surface area contributed by atoms with Crippen molar-refractivity contribution in [1.82, 2.24) is 5.32 Å². The van der Waals surface area contributed by atoms with Gasteiger partial charge in [0.1, 0.15) is 29.2 Å². The second kappa shape index (κ2) is 15.9. The van der Waals surface area contributed by atoms with Crippen molar-refractivity contribution in [3.8, 4) is 11.5 Å². The molecule has 3 aromatic rings. The molecule has 7 nitrogen and oxygen atoms in total. The molecule has 0 aliphatic rings. The lowest BCUT2D eigenvalue weighted by atomic mass is 9.87. The molecule has 9 heteroatoms. The van der Waals surface area contributed by atoms with E-state index in [0.717, 1.165) is 32.4 Å². The van der Waals surface area contributed by atoms with Gasteiger partial charge in [-0.05, 0) is 88.4 Å². The minimum Gasteiger partial charge on any atom is -0.494 e. The van der Waals surface area contributed by atoms with Gasteiger partial charge in [0.25, 0.3) is 0 Å². The summed E-state index contributed by atoms with van der Waals surface area (Å²) in [6.45, 7) is 10.2. The van der Waals surface area contributed by atoms with Gasteiger partial charge in [-0.15, -0.1) is 0 Å². The van der Waals surface area contributed by atoms with Crippen molar-refractivity contribution in [3.63, 3.8) is 0 Å². The third-order valence-corrected chi connectivity index (χ3v) is 7.91. The zero-order chi connectivity index (χ0) is 31.5. The monoisotopic (exact) mass is 627 g/mol. The van der Waals surface area contributed by atoms with Gasteiger partial charge >= 0.3 is 12.1 Å². The van der Waals surface area contributed by atoms with Gasteiger partial charge in [0, 0.05) is 9.92 Å². The van der Waals surface area contributed by atoms with E-state index in [1.54, 1.807) is 20.8 Å². The van der Waals surface area contributed by atoms with Crippen molar-refractivity contribution < 1.29 is 28.5 Å². The van der Waals surface area contributed by atoms with Gasteiger partial charge in [0.05, 0.1) is 18.6 Å². The number of halogens is 1. The fourth-order valence-corrected chi connectivity index (χ4v) is 5.88. The normalized spacial score (nSPS) is 12.6. The molecule has 1 amide bonds. The van der Waals surface area contributed by atoms with Crippen LogP contribution in [0.5, 0.6) is 11.5 Å². The number of nitrogens with one attached hydrogen (secondary N) is 1. The summed E-state index contributed by atoms with van der Waals surface area (Å²) in [6.07, 6.45) is 1.13. The van der Waals surface area contributed by atoms with Crippen LogP contribution < -0.4 is 14.8 Å². The molecular formula is C34H42ClNO6S. The molecule has 0 unspecified atom stereocenters. The second-order valence-corrected chi connectivity index (χ2v) is 12.6. The van der Waals surface area contributed by atoms with Crippen molar-refractivity contribution in [2.75, 3.05) is 13.7 Å². The number of hydrogen-bond donors (Lipinski definition) is 1. The molecule has 0 heterocycles. The van der Waals surface area contributed by atoms with E-state index in [2.05, 4.69) is 5.32 Å². The molecule has 3 aromatic carbocycles. The number of alkyl carbamates (subject to hydrolysis) is 1. The van der Waals surface area contributed by atoms with E-state index in [1.807, 2.05) is 80.6 Å². The fraction of sp³-hybridized carbons (Fsp3) is 0.412. The van der Waals surface area contributed by atoms with Crippen molar-refractivity contribution in [2.45, 2.75) is 87.8 Å². The van der Waals surface area contributed by atoms with E-state index >= 15 is 0 Å². The van der Waals surface area contributed by atoms with Crippen molar-refractivity contribution >= 4 is 35.4 Å². The number of benzene rings is 3. The lowest BCUT2D eigenvalue weighted by molar-refractivity contribution is -0.149. The van der Waals surface area contributed by atoms with E-state index in [1.165, 1.54) is 18.9 Å². The first-order chi connectivity index (χ1) is 20.5. The van der Waals surface area contributed by atoms with Gasteiger partial charge in [-0.3, -0.25) is 0 Å². The first-order valence-electron chi connectivity index (χ1n) is 14.5. The first kappa shape index (κ1) is 34.1. The summed E-state index contributed by atoms with van der Waals surface area (Å²) in [5.74, 6) is 0.987. The number of hydrogen-bond acceptors (Lipinski definition) is 7. The van der Waals surface area contributed by atoms with Crippen LogP contribution in [0.2, 0.25) is 5.02 Å². The van der Waals surface area contributed by atoms with Crippen LogP contribution in [-0.4, -0.2) is 36.9 Å². The maximum Gasteiger partial charge on any atom is 0.408 e. The van der Waals surface area contributed by atoms with Gasteiger partial charge < -0.3 is 24.3 Å². The van der Waals surface area contributed by atoms with Crippen molar-refractivity contribution in [3.05, 3.63) is 82.9 Å². The molecular weight excluding hydrogens is 586 g/mol. The molecule has 3 rings (SSSR count). The average Bonchev–Trinajstić information content (AvgIpc) is 2.95. The summed E-state index contributed by atoms with van der Waals surface area (Å²) in [7, 11) is 1.32. The zero-order valence-corrected chi connectivity index (χ0v) is 27.4. The fourth-order valence-electron chi connectivity index (χ4n) is 4.57. The number of carbonyl (C=O) groups excluding carboxylic acids is 2. The number of amides is 1.